The van der Waals surface area contributed by atoms with Crippen LogP contribution in [0.2, 0.25) is 0 Å². The maximum atomic E-state index is 13.9. The number of benzene rings is 1. The van der Waals surface area contributed by atoms with Crippen molar-refractivity contribution in [1.29, 1.82) is 0 Å². The Balaban J connectivity index is 2.27. The van der Waals surface area contributed by atoms with E-state index < -0.39 is 21.3 Å². The van der Waals surface area contributed by atoms with Gasteiger partial charge < -0.3 is 10.6 Å². The van der Waals surface area contributed by atoms with Gasteiger partial charge in [0.25, 0.3) is 0 Å². The van der Waals surface area contributed by atoms with Crippen molar-refractivity contribution in [2.24, 2.45) is 0 Å². The van der Waals surface area contributed by atoms with Gasteiger partial charge in [-0.2, -0.15) is 0 Å². The summed E-state index contributed by atoms with van der Waals surface area (Å²) in [4.78, 5) is 12.3. The van der Waals surface area contributed by atoms with Gasteiger partial charge in [0.1, 0.15) is 5.82 Å². The second kappa shape index (κ2) is 7.70. The van der Waals surface area contributed by atoms with Gasteiger partial charge in [-0.15, -0.1) is 0 Å². The van der Waals surface area contributed by atoms with Crippen LogP contribution in [0.25, 0.3) is 0 Å². The van der Waals surface area contributed by atoms with E-state index in [4.69, 9.17) is 0 Å². The van der Waals surface area contributed by atoms with E-state index in [-0.39, 0.29) is 17.7 Å². The van der Waals surface area contributed by atoms with Gasteiger partial charge in [0.2, 0.25) is 10.0 Å². The second-order valence-electron chi connectivity index (χ2n) is 6.98. The Kier molecular flexibility index (Phi) is 6.05. The summed E-state index contributed by atoms with van der Waals surface area (Å²) < 4.78 is 40.5. The van der Waals surface area contributed by atoms with Crippen LogP contribution in [0.15, 0.2) is 12.1 Å². The predicted octanol–water partition coefficient (Wildman–Crippen LogP) is 2.89. The smallest absolute Gasteiger partial charge is 0.315 e. The SMILES string of the molecule is CC(C)c1cc(F)cc(C(C)C)c1NC(=O)NS(=O)(=O)C1CCNC1. The number of anilines is 1. The molecular formula is C17H26FN3O3S. The summed E-state index contributed by atoms with van der Waals surface area (Å²) in [6.45, 7) is 8.51. The molecule has 140 valence electrons. The molecule has 0 aromatic heterocycles. The Bertz CT molecular complexity index is 713. The zero-order valence-electron chi connectivity index (χ0n) is 15.0. The molecule has 1 unspecified atom stereocenters. The molecule has 0 bridgehead atoms. The summed E-state index contributed by atoms with van der Waals surface area (Å²) in [5, 5.41) is 4.97. The lowest BCUT2D eigenvalue weighted by atomic mass is 9.92. The number of hydrogen-bond donors (Lipinski definition) is 3. The number of rotatable bonds is 5. The third-order valence-electron chi connectivity index (χ3n) is 4.34. The third kappa shape index (κ3) is 4.70. The monoisotopic (exact) mass is 371 g/mol. The summed E-state index contributed by atoms with van der Waals surface area (Å²) >= 11 is 0. The molecule has 1 heterocycles. The van der Waals surface area contributed by atoms with E-state index >= 15 is 0 Å². The molecule has 1 atom stereocenters. The average molecular weight is 371 g/mol. The van der Waals surface area contributed by atoms with Crippen LogP contribution >= 0.6 is 0 Å². The molecule has 6 nitrogen and oxygen atoms in total. The number of urea groups is 1. The highest BCUT2D eigenvalue weighted by molar-refractivity contribution is 7.90. The average Bonchev–Trinajstić information content (AvgIpc) is 3.02. The molecule has 0 spiro atoms. The standard InChI is InChI=1S/C17H26FN3O3S/c1-10(2)14-7-12(18)8-15(11(3)4)16(14)20-17(22)21-25(23,24)13-5-6-19-9-13/h7-8,10-11,13,19H,5-6,9H2,1-4H3,(H2,20,21,22). The molecule has 1 aromatic carbocycles. The van der Waals surface area contributed by atoms with Crippen molar-refractivity contribution in [3.8, 4) is 0 Å². The summed E-state index contributed by atoms with van der Waals surface area (Å²) in [6.07, 6.45) is 0.466. The lowest BCUT2D eigenvalue weighted by Crippen LogP contribution is -2.41. The normalized spacial score (nSPS) is 18.0. The minimum absolute atomic E-state index is 0.0286. The largest absolute Gasteiger partial charge is 0.332 e. The molecular weight excluding hydrogens is 345 g/mol. The molecule has 1 fully saturated rings. The zero-order valence-corrected chi connectivity index (χ0v) is 15.8. The van der Waals surface area contributed by atoms with Crippen molar-refractivity contribution in [3.05, 3.63) is 29.1 Å². The summed E-state index contributed by atoms with van der Waals surface area (Å²) in [5.74, 6) is -0.429. The van der Waals surface area contributed by atoms with Crippen LogP contribution in [-0.2, 0) is 10.0 Å². The van der Waals surface area contributed by atoms with E-state index in [0.29, 0.717) is 36.3 Å². The highest BCUT2D eigenvalue weighted by atomic mass is 32.2. The molecule has 2 rings (SSSR count). The van der Waals surface area contributed by atoms with E-state index in [9.17, 15) is 17.6 Å². The molecule has 8 heteroatoms. The molecule has 0 radical (unpaired) electrons. The number of carbonyl (C=O) groups excluding carboxylic acids is 1. The Morgan fingerprint density at radius 2 is 1.76 bits per heavy atom. The van der Waals surface area contributed by atoms with E-state index in [1.807, 2.05) is 27.7 Å². The van der Waals surface area contributed by atoms with Gasteiger partial charge in [0.15, 0.2) is 0 Å². The van der Waals surface area contributed by atoms with Crippen LogP contribution in [0, 0.1) is 5.82 Å². The Morgan fingerprint density at radius 1 is 1.20 bits per heavy atom. The zero-order chi connectivity index (χ0) is 18.8. The van der Waals surface area contributed by atoms with Gasteiger partial charge in [0.05, 0.1) is 5.25 Å². The van der Waals surface area contributed by atoms with Crippen LogP contribution in [-0.4, -0.2) is 32.8 Å². The van der Waals surface area contributed by atoms with Gasteiger partial charge >= 0.3 is 6.03 Å². The number of sulfonamides is 1. The Labute approximate surface area is 148 Å². The first-order valence-corrected chi connectivity index (χ1v) is 10.0. The second-order valence-corrected chi connectivity index (χ2v) is 8.95. The van der Waals surface area contributed by atoms with Gasteiger partial charge in [0, 0.05) is 12.2 Å². The molecule has 25 heavy (non-hydrogen) atoms. The number of nitrogens with one attached hydrogen (secondary N) is 3. The van der Waals surface area contributed by atoms with Crippen molar-refractivity contribution in [1.82, 2.24) is 10.0 Å². The first-order chi connectivity index (χ1) is 11.6. The predicted molar refractivity (Wildman–Crippen MR) is 96.9 cm³/mol. The summed E-state index contributed by atoms with van der Waals surface area (Å²) in [5.41, 5.74) is 1.75. The molecule has 1 aliphatic heterocycles. The molecule has 2 amide bonds. The quantitative estimate of drug-likeness (QED) is 0.743. The first-order valence-electron chi connectivity index (χ1n) is 8.48. The van der Waals surface area contributed by atoms with Crippen molar-refractivity contribution in [2.75, 3.05) is 18.4 Å². The van der Waals surface area contributed by atoms with E-state index in [1.54, 1.807) is 0 Å². The topological polar surface area (TPSA) is 87.3 Å². The van der Waals surface area contributed by atoms with E-state index in [0.717, 1.165) is 0 Å². The fourth-order valence-corrected chi connectivity index (χ4v) is 4.19. The fourth-order valence-electron chi connectivity index (χ4n) is 2.95. The third-order valence-corrected chi connectivity index (χ3v) is 6.09. The lowest BCUT2D eigenvalue weighted by molar-refractivity contribution is 0.256. The highest BCUT2D eigenvalue weighted by Gasteiger charge is 2.30. The Hall–Kier alpha value is -1.67. The van der Waals surface area contributed by atoms with Crippen molar-refractivity contribution in [3.63, 3.8) is 0 Å². The van der Waals surface area contributed by atoms with Crippen LogP contribution in [0.3, 0.4) is 0 Å². The summed E-state index contributed by atoms with van der Waals surface area (Å²) in [7, 11) is -3.75. The molecule has 1 saturated heterocycles. The van der Waals surface area contributed by atoms with Crippen LogP contribution in [0.5, 0.6) is 0 Å². The van der Waals surface area contributed by atoms with E-state index in [1.165, 1.54) is 12.1 Å². The molecule has 1 aliphatic rings. The minimum atomic E-state index is -3.75. The van der Waals surface area contributed by atoms with Gasteiger partial charge in [-0.3, -0.25) is 0 Å². The number of carbonyl (C=O) groups is 1. The molecule has 0 saturated carbocycles. The van der Waals surface area contributed by atoms with Gasteiger partial charge in [-0.25, -0.2) is 22.3 Å². The van der Waals surface area contributed by atoms with Gasteiger partial charge in [-0.05, 0) is 48.1 Å². The number of hydrogen-bond acceptors (Lipinski definition) is 4. The van der Waals surface area contributed by atoms with Crippen LogP contribution in [0.4, 0.5) is 14.9 Å². The van der Waals surface area contributed by atoms with Crippen molar-refractivity contribution < 1.29 is 17.6 Å². The maximum absolute atomic E-state index is 13.9. The van der Waals surface area contributed by atoms with Crippen LogP contribution < -0.4 is 15.4 Å². The summed E-state index contributed by atoms with van der Waals surface area (Å²) in [6, 6.07) is 1.94. The highest BCUT2D eigenvalue weighted by Crippen LogP contribution is 2.33. The van der Waals surface area contributed by atoms with E-state index in [2.05, 4.69) is 15.4 Å². The lowest BCUT2D eigenvalue weighted by Gasteiger charge is -2.21. The first kappa shape index (κ1) is 19.7. The maximum Gasteiger partial charge on any atom is 0.332 e. The molecule has 1 aromatic rings. The number of amides is 2. The van der Waals surface area contributed by atoms with Crippen molar-refractivity contribution in [2.45, 2.75) is 51.2 Å². The molecule has 0 aliphatic carbocycles. The number of halogens is 1. The minimum Gasteiger partial charge on any atom is -0.315 e. The van der Waals surface area contributed by atoms with Gasteiger partial charge in [-0.1, -0.05) is 27.7 Å². The fraction of sp³-hybridized carbons (Fsp3) is 0.588. The van der Waals surface area contributed by atoms with Crippen molar-refractivity contribution >= 4 is 21.7 Å². The van der Waals surface area contributed by atoms with Crippen LogP contribution in [0.1, 0.15) is 57.1 Å². The Morgan fingerprint density at radius 3 is 2.20 bits per heavy atom. The molecule has 3 N–H and O–H groups in total.